The van der Waals surface area contributed by atoms with Gasteiger partial charge >= 0.3 is 0 Å². The van der Waals surface area contributed by atoms with Gasteiger partial charge in [-0.2, -0.15) is 11.3 Å². The lowest BCUT2D eigenvalue weighted by atomic mass is 10.0. The highest BCUT2D eigenvalue weighted by atomic mass is 32.1. The average molecular weight is 260 g/mol. The van der Waals surface area contributed by atoms with Crippen LogP contribution in [0.2, 0.25) is 0 Å². The summed E-state index contributed by atoms with van der Waals surface area (Å²) < 4.78 is 0. The van der Waals surface area contributed by atoms with Crippen LogP contribution in [0.1, 0.15) is 36.2 Å². The first-order valence-corrected chi connectivity index (χ1v) is 7.41. The Balaban J connectivity index is 2.13. The normalized spacial score (nSPS) is 12.6. The molecule has 1 N–H and O–H groups in total. The Labute approximate surface area is 113 Å². The van der Waals surface area contributed by atoms with Gasteiger partial charge in [0.25, 0.3) is 0 Å². The second-order valence-electron chi connectivity index (χ2n) is 4.54. The lowest BCUT2D eigenvalue weighted by Gasteiger charge is -2.18. The molecule has 0 spiro atoms. The quantitative estimate of drug-likeness (QED) is 0.856. The number of hydrogen-bond donors (Lipinski definition) is 1. The summed E-state index contributed by atoms with van der Waals surface area (Å²) in [5.41, 5.74) is 3.94. The maximum Gasteiger partial charge on any atom is 0.0422 e. The fourth-order valence-corrected chi connectivity index (χ4v) is 2.97. The maximum atomic E-state index is 4.43. The third-order valence-electron chi connectivity index (χ3n) is 3.05. The predicted molar refractivity (Wildman–Crippen MR) is 78.0 cm³/mol. The summed E-state index contributed by atoms with van der Waals surface area (Å²) >= 11 is 1.78. The van der Waals surface area contributed by atoms with Crippen LogP contribution in [0.15, 0.2) is 35.2 Å². The molecule has 0 saturated carbocycles. The number of hydrogen-bond acceptors (Lipinski definition) is 3. The predicted octanol–water partition coefficient (Wildman–Crippen LogP) is 3.73. The van der Waals surface area contributed by atoms with Gasteiger partial charge in [-0.3, -0.25) is 4.98 Å². The van der Waals surface area contributed by atoms with Gasteiger partial charge in [0.2, 0.25) is 0 Å². The van der Waals surface area contributed by atoms with Gasteiger partial charge in [0.15, 0.2) is 0 Å². The van der Waals surface area contributed by atoms with Gasteiger partial charge in [-0.15, -0.1) is 0 Å². The van der Waals surface area contributed by atoms with Gasteiger partial charge in [0.1, 0.15) is 0 Å². The molecular weight excluding hydrogens is 240 g/mol. The van der Waals surface area contributed by atoms with Crippen LogP contribution in [0.25, 0.3) is 0 Å². The van der Waals surface area contributed by atoms with Gasteiger partial charge in [-0.1, -0.05) is 13.0 Å². The molecule has 0 amide bonds. The van der Waals surface area contributed by atoms with E-state index in [-0.39, 0.29) is 0 Å². The summed E-state index contributed by atoms with van der Waals surface area (Å²) in [6, 6.07) is 6.50. The highest BCUT2D eigenvalue weighted by molar-refractivity contribution is 7.08. The first-order chi connectivity index (χ1) is 8.81. The Morgan fingerprint density at radius 3 is 2.83 bits per heavy atom. The SMILES string of the molecule is CCCNC(Cc1ccccn1)c1cscc1C. The van der Waals surface area contributed by atoms with Crippen molar-refractivity contribution in [2.45, 2.75) is 32.7 Å². The molecule has 0 aliphatic heterocycles. The molecule has 3 heteroatoms. The second-order valence-corrected chi connectivity index (χ2v) is 5.29. The van der Waals surface area contributed by atoms with Crippen molar-refractivity contribution in [3.05, 3.63) is 52.0 Å². The Morgan fingerprint density at radius 2 is 2.22 bits per heavy atom. The number of aromatic nitrogens is 1. The molecular formula is C15H20N2S. The van der Waals surface area contributed by atoms with E-state index >= 15 is 0 Å². The molecule has 18 heavy (non-hydrogen) atoms. The van der Waals surface area contributed by atoms with Crippen molar-refractivity contribution in [2.75, 3.05) is 6.54 Å². The molecule has 0 saturated heterocycles. The molecule has 2 aromatic heterocycles. The molecule has 96 valence electrons. The van der Waals surface area contributed by atoms with Gasteiger partial charge in [-0.05, 0) is 53.9 Å². The number of pyridine rings is 1. The van der Waals surface area contributed by atoms with E-state index in [9.17, 15) is 0 Å². The molecule has 0 aliphatic carbocycles. The van der Waals surface area contributed by atoms with E-state index in [1.807, 2.05) is 12.3 Å². The minimum atomic E-state index is 0.381. The zero-order valence-electron chi connectivity index (χ0n) is 11.0. The van der Waals surface area contributed by atoms with Crippen molar-refractivity contribution in [3.8, 4) is 0 Å². The first kappa shape index (κ1) is 13.2. The molecule has 0 aromatic carbocycles. The van der Waals surface area contributed by atoms with Crippen molar-refractivity contribution in [1.82, 2.24) is 10.3 Å². The lowest BCUT2D eigenvalue weighted by molar-refractivity contribution is 0.524. The fraction of sp³-hybridized carbons (Fsp3) is 0.400. The molecule has 1 unspecified atom stereocenters. The Bertz CT molecular complexity index is 464. The van der Waals surface area contributed by atoms with Crippen molar-refractivity contribution < 1.29 is 0 Å². The molecule has 2 rings (SSSR count). The molecule has 0 aliphatic rings. The van der Waals surface area contributed by atoms with E-state index in [2.05, 4.69) is 47.0 Å². The van der Waals surface area contributed by atoms with Crippen LogP contribution in [0, 0.1) is 6.92 Å². The Hall–Kier alpha value is -1.19. The monoisotopic (exact) mass is 260 g/mol. The molecule has 1 atom stereocenters. The largest absolute Gasteiger partial charge is 0.310 e. The zero-order chi connectivity index (χ0) is 12.8. The van der Waals surface area contributed by atoms with Crippen LogP contribution < -0.4 is 5.32 Å². The molecule has 2 aromatic rings. The Kier molecular flexibility index (Phi) is 4.90. The highest BCUT2D eigenvalue weighted by Gasteiger charge is 2.14. The fourth-order valence-electron chi connectivity index (χ4n) is 2.07. The molecule has 2 nitrogen and oxygen atoms in total. The Morgan fingerprint density at radius 1 is 1.33 bits per heavy atom. The summed E-state index contributed by atoms with van der Waals surface area (Å²) in [6.45, 7) is 5.43. The van der Waals surface area contributed by atoms with Gasteiger partial charge in [0, 0.05) is 24.4 Å². The molecule has 0 fully saturated rings. The minimum absolute atomic E-state index is 0.381. The number of nitrogens with one attached hydrogen (secondary N) is 1. The van der Waals surface area contributed by atoms with Crippen LogP contribution in [0.5, 0.6) is 0 Å². The highest BCUT2D eigenvalue weighted by Crippen LogP contribution is 2.24. The van der Waals surface area contributed by atoms with Crippen molar-refractivity contribution in [1.29, 1.82) is 0 Å². The van der Waals surface area contributed by atoms with E-state index < -0.39 is 0 Å². The van der Waals surface area contributed by atoms with Crippen molar-refractivity contribution in [2.24, 2.45) is 0 Å². The summed E-state index contributed by atoms with van der Waals surface area (Å²) in [5.74, 6) is 0. The van der Waals surface area contributed by atoms with E-state index in [4.69, 9.17) is 0 Å². The van der Waals surface area contributed by atoms with Gasteiger partial charge < -0.3 is 5.32 Å². The summed E-state index contributed by atoms with van der Waals surface area (Å²) in [6.07, 6.45) is 3.98. The lowest BCUT2D eigenvalue weighted by Crippen LogP contribution is -2.24. The van der Waals surface area contributed by atoms with Gasteiger partial charge in [-0.25, -0.2) is 0 Å². The molecule has 0 radical (unpaired) electrons. The topological polar surface area (TPSA) is 24.9 Å². The minimum Gasteiger partial charge on any atom is -0.310 e. The smallest absolute Gasteiger partial charge is 0.0422 e. The van der Waals surface area contributed by atoms with Crippen LogP contribution in [-0.2, 0) is 6.42 Å². The maximum absolute atomic E-state index is 4.43. The second kappa shape index (κ2) is 6.66. The summed E-state index contributed by atoms with van der Waals surface area (Å²) in [5, 5.41) is 8.10. The van der Waals surface area contributed by atoms with E-state index in [1.54, 1.807) is 11.3 Å². The third-order valence-corrected chi connectivity index (χ3v) is 3.93. The summed E-state index contributed by atoms with van der Waals surface area (Å²) in [4.78, 5) is 4.43. The van der Waals surface area contributed by atoms with Crippen LogP contribution in [0.3, 0.4) is 0 Å². The van der Waals surface area contributed by atoms with Crippen LogP contribution in [0.4, 0.5) is 0 Å². The van der Waals surface area contributed by atoms with Gasteiger partial charge in [0.05, 0.1) is 0 Å². The standard InChI is InChI=1S/C15H20N2S/c1-3-7-17-15(14-11-18-10-12(14)2)9-13-6-4-5-8-16-13/h4-6,8,10-11,15,17H,3,7,9H2,1-2H3. The zero-order valence-corrected chi connectivity index (χ0v) is 11.8. The van der Waals surface area contributed by atoms with Crippen molar-refractivity contribution in [3.63, 3.8) is 0 Å². The van der Waals surface area contributed by atoms with Crippen LogP contribution >= 0.6 is 11.3 Å². The van der Waals surface area contributed by atoms with E-state index in [0.717, 1.165) is 25.1 Å². The molecule has 0 bridgehead atoms. The number of rotatable bonds is 6. The van der Waals surface area contributed by atoms with Crippen molar-refractivity contribution >= 4 is 11.3 Å². The summed E-state index contributed by atoms with van der Waals surface area (Å²) in [7, 11) is 0. The third kappa shape index (κ3) is 3.40. The number of aryl methyl sites for hydroxylation is 1. The first-order valence-electron chi connectivity index (χ1n) is 6.47. The number of thiophene rings is 1. The number of nitrogens with zero attached hydrogens (tertiary/aromatic N) is 1. The molecule has 2 heterocycles. The average Bonchev–Trinajstić information content (AvgIpc) is 2.82. The van der Waals surface area contributed by atoms with E-state index in [0.29, 0.717) is 6.04 Å². The van der Waals surface area contributed by atoms with E-state index in [1.165, 1.54) is 11.1 Å². The van der Waals surface area contributed by atoms with Crippen LogP contribution in [-0.4, -0.2) is 11.5 Å².